The Morgan fingerprint density at radius 3 is 2.42 bits per heavy atom. The van der Waals surface area contributed by atoms with Crippen molar-refractivity contribution >= 4 is 0 Å². The fourth-order valence-corrected chi connectivity index (χ4v) is 4.09. The first-order chi connectivity index (χ1) is 9.00. The molecule has 0 aromatic rings. The van der Waals surface area contributed by atoms with Crippen molar-refractivity contribution in [1.29, 1.82) is 0 Å². The summed E-state index contributed by atoms with van der Waals surface area (Å²) >= 11 is 0. The molecule has 0 radical (unpaired) electrons. The van der Waals surface area contributed by atoms with Crippen LogP contribution < -0.4 is 5.32 Å². The van der Waals surface area contributed by atoms with Crippen LogP contribution in [0.4, 0.5) is 0 Å². The average Bonchev–Trinajstić information content (AvgIpc) is 2.64. The smallest absolute Gasteiger partial charge is 0.0192 e. The van der Waals surface area contributed by atoms with Gasteiger partial charge in [-0.2, -0.15) is 0 Å². The van der Waals surface area contributed by atoms with Crippen molar-refractivity contribution in [3.05, 3.63) is 0 Å². The third-order valence-corrected chi connectivity index (χ3v) is 5.54. The van der Waals surface area contributed by atoms with Crippen LogP contribution in [0.3, 0.4) is 0 Å². The second-order valence-corrected chi connectivity index (χ2v) is 7.85. The van der Waals surface area contributed by atoms with Gasteiger partial charge in [0.05, 0.1) is 0 Å². The molecular formula is C17H34N2. The normalized spacial score (nSPS) is 35.1. The van der Waals surface area contributed by atoms with Gasteiger partial charge in [0.15, 0.2) is 0 Å². The van der Waals surface area contributed by atoms with E-state index >= 15 is 0 Å². The molecule has 0 amide bonds. The Kier molecular flexibility index (Phi) is 5.30. The quantitative estimate of drug-likeness (QED) is 0.767. The summed E-state index contributed by atoms with van der Waals surface area (Å²) in [6.45, 7) is 9.89. The van der Waals surface area contributed by atoms with E-state index in [1.165, 1.54) is 58.0 Å². The Balaban J connectivity index is 1.88. The molecule has 1 saturated carbocycles. The SMILES string of the molecule is CNC1CCCN(C2CCCC(C(C)(C)C)CC2)C1. The molecule has 2 heteroatoms. The molecule has 1 aliphatic carbocycles. The molecule has 3 unspecified atom stereocenters. The standard InChI is InChI=1S/C17H34N2/c1-17(2,3)14-7-5-9-16(11-10-14)19-12-6-8-15(13-19)18-4/h14-16,18H,5-13H2,1-4H3. The zero-order valence-electron chi connectivity index (χ0n) is 13.5. The lowest BCUT2D eigenvalue weighted by Crippen LogP contribution is -2.48. The lowest BCUT2D eigenvalue weighted by atomic mass is 9.76. The monoisotopic (exact) mass is 266 g/mol. The maximum absolute atomic E-state index is 3.48. The summed E-state index contributed by atoms with van der Waals surface area (Å²) in [6.07, 6.45) is 9.93. The van der Waals surface area contributed by atoms with Gasteiger partial charge in [-0.15, -0.1) is 0 Å². The second-order valence-electron chi connectivity index (χ2n) is 7.85. The van der Waals surface area contributed by atoms with Crippen LogP contribution >= 0.6 is 0 Å². The number of likely N-dealkylation sites (tertiary alicyclic amines) is 1. The molecule has 0 bridgehead atoms. The number of rotatable bonds is 2. The molecule has 1 aliphatic heterocycles. The Morgan fingerprint density at radius 1 is 0.947 bits per heavy atom. The molecule has 19 heavy (non-hydrogen) atoms. The topological polar surface area (TPSA) is 15.3 Å². The molecule has 2 nitrogen and oxygen atoms in total. The molecule has 3 atom stereocenters. The van der Waals surface area contributed by atoms with Gasteiger partial charge in [0.2, 0.25) is 0 Å². The summed E-state index contributed by atoms with van der Waals surface area (Å²) in [6, 6.07) is 1.60. The zero-order chi connectivity index (χ0) is 13.9. The molecule has 2 aliphatic rings. The molecule has 0 spiro atoms. The van der Waals surface area contributed by atoms with Crippen molar-refractivity contribution in [2.75, 3.05) is 20.1 Å². The minimum Gasteiger partial charge on any atom is -0.316 e. The molecular weight excluding hydrogens is 232 g/mol. The summed E-state index contributed by atoms with van der Waals surface area (Å²) in [7, 11) is 2.12. The van der Waals surface area contributed by atoms with Crippen LogP contribution in [-0.4, -0.2) is 37.1 Å². The van der Waals surface area contributed by atoms with Crippen molar-refractivity contribution in [2.24, 2.45) is 11.3 Å². The van der Waals surface area contributed by atoms with Crippen LogP contribution in [0.1, 0.15) is 65.7 Å². The van der Waals surface area contributed by atoms with Crippen molar-refractivity contribution < 1.29 is 0 Å². The Bertz CT molecular complexity index is 269. The van der Waals surface area contributed by atoms with Crippen LogP contribution in [0, 0.1) is 11.3 Å². The first-order valence-corrected chi connectivity index (χ1v) is 8.42. The van der Waals surface area contributed by atoms with Gasteiger partial charge in [0, 0.05) is 18.6 Å². The highest BCUT2D eigenvalue weighted by Crippen LogP contribution is 2.38. The molecule has 2 fully saturated rings. The summed E-state index contributed by atoms with van der Waals surface area (Å²) in [4.78, 5) is 2.79. The van der Waals surface area contributed by atoms with Gasteiger partial charge in [-0.3, -0.25) is 4.90 Å². The predicted octanol–water partition coefficient (Wildman–Crippen LogP) is 3.67. The molecule has 0 aromatic heterocycles. The van der Waals surface area contributed by atoms with Crippen molar-refractivity contribution in [2.45, 2.75) is 77.8 Å². The number of nitrogens with one attached hydrogen (secondary N) is 1. The Morgan fingerprint density at radius 2 is 1.74 bits per heavy atom. The van der Waals surface area contributed by atoms with E-state index in [0.29, 0.717) is 5.41 Å². The molecule has 0 aromatic carbocycles. The number of piperidine rings is 1. The third-order valence-electron chi connectivity index (χ3n) is 5.54. The van der Waals surface area contributed by atoms with E-state index in [9.17, 15) is 0 Å². The molecule has 112 valence electrons. The minimum absolute atomic E-state index is 0.504. The van der Waals surface area contributed by atoms with Gasteiger partial charge in [0.1, 0.15) is 0 Å². The van der Waals surface area contributed by atoms with E-state index in [4.69, 9.17) is 0 Å². The van der Waals surface area contributed by atoms with Gasteiger partial charge >= 0.3 is 0 Å². The van der Waals surface area contributed by atoms with E-state index in [0.717, 1.165) is 18.0 Å². The zero-order valence-corrected chi connectivity index (χ0v) is 13.5. The van der Waals surface area contributed by atoms with Gasteiger partial charge in [-0.1, -0.05) is 27.2 Å². The maximum atomic E-state index is 3.48. The van der Waals surface area contributed by atoms with E-state index in [1.54, 1.807) is 0 Å². The molecule has 1 N–H and O–H groups in total. The van der Waals surface area contributed by atoms with Crippen molar-refractivity contribution in [3.63, 3.8) is 0 Å². The van der Waals surface area contributed by atoms with Crippen molar-refractivity contribution in [1.82, 2.24) is 10.2 Å². The van der Waals surface area contributed by atoms with E-state index in [2.05, 4.69) is 38.0 Å². The molecule has 2 rings (SSSR count). The third kappa shape index (κ3) is 4.19. The average molecular weight is 266 g/mol. The lowest BCUT2D eigenvalue weighted by molar-refractivity contribution is 0.124. The largest absolute Gasteiger partial charge is 0.316 e. The lowest BCUT2D eigenvalue weighted by Gasteiger charge is -2.38. The van der Waals surface area contributed by atoms with Crippen molar-refractivity contribution in [3.8, 4) is 0 Å². The summed E-state index contributed by atoms with van der Waals surface area (Å²) < 4.78 is 0. The predicted molar refractivity (Wildman–Crippen MR) is 83.5 cm³/mol. The minimum atomic E-state index is 0.504. The van der Waals surface area contributed by atoms with E-state index in [-0.39, 0.29) is 0 Å². The number of nitrogens with zero attached hydrogens (tertiary/aromatic N) is 1. The highest BCUT2D eigenvalue weighted by molar-refractivity contribution is 4.86. The highest BCUT2D eigenvalue weighted by Gasteiger charge is 2.31. The summed E-state index contributed by atoms with van der Waals surface area (Å²) in [5.41, 5.74) is 0.504. The van der Waals surface area contributed by atoms with Gasteiger partial charge in [-0.25, -0.2) is 0 Å². The molecule has 1 heterocycles. The highest BCUT2D eigenvalue weighted by atomic mass is 15.2. The summed E-state index contributed by atoms with van der Waals surface area (Å²) in [5.74, 6) is 0.933. The molecule has 1 saturated heterocycles. The number of hydrogen-bond acceptors (Lipinski definition) is 2. The van der Waals surface area contributed by atoms with Gasteiger partial charge < -0.3 is 5.32 Å². The Labute approximate surface area is 120 Å². The van der Waals surface area contributed by atoms with E-state index < -0.39 is 0 Å². The van der Waals surface area contributed by atoms with Crippen LogP contribution in [-0.2, 0) is 0 Å². The van der Waals surface area contributed by atoms with Gasteiger partial charge in [-0.05, 0) is 63.5 Å². The number of hydrogen-bond donors (Lipinski definition) is 1. The summed E-state index contributed by atoms with van der Waals surface area (Å²) in [5, 5.41) is 3.48. The second kappa shape index (κ2) is 6.58. The maximum Gasteiger partial charge on any atom is 0.0192 e. The fraction of sp³-hybridized carbons (Fsp3) is 1.00. The Hall–Kier alpha value is -0.0800. The van der Waals surface area contributed by atoms with Crippen LogP contribution in [0.5, 0.6) is 0 Å². The first kappa shape index (κ1) is 15.3. The van der Waals surface area contributed by atoms with Crippen LogP contribution in [0.25, 0.3) is 0 Å². The van der Waals surface area contributed by atoms with Gasteiger partial charge in [0.25, 0.3) is 0 Å². The van der Waals surface area contributed by atoms with Crippen LogP contribution in [0.2, 0.25) is 0 Å². The first-order valence-electron chi connectivity index (χ1n) is 8.42. The fourth-order valence-electron chi connectivity index (χ4n) is 4.09. The number of likely N-dealkylation sites (N-methyl/N-ethyl adjacent to an activating group) is 1. The van der Waals surface area contributed by atoms with Crippen LogP contribution in [0.15, 0.2) is 0 Å². The van der Waals surface area contributed by atoms with E-state index in [1.807, 2.05) is 0 Å².